The number of aromatic hydroxyl groups is 1. The van der Waals surface area contributed by atoms with Crippen LogP contribution in [0.15, 0.2) is 6.07 Å². The van der Waals surface area contributed by atoms with Crippen LogP contribution in [0.2, 0.25) is 0 Å². The third-order valence-electron chi connectivity index (χ3n) is 2.02. The summed E-state index contributed by atoms with van der Waals surface area (Å²) in [6.07, 6.45) is 2.27. The quantitative estimate of drug-likeness (QED) is 0.759. The zero-order valence-electron chi connectivity index (χ0n) is 7.53. The summed E-state index contributed by atoms with van der Waals surface area (Å²) >= 11 is 0. The number of nitrogens with zero attached hydrogens (tertiary/aromatic N) is 2. The molecule has 0 amide bonds. The number of rotatable bonds is 3. The first-order valence-electron chi connectivity index (χ1n) is 4.35. The van der Waals surface area contributed by atoms with Crippen LogP contribution in [-0.2, 0) is 11.3 Å². The standard InChI is InChI=1S/C9H12N2O2/c1-13-5-7-4-8(12)11-9(10-7)6-2-3-6/h4,6H,2-3,5H2,1H3,(H,10,11,12). The summed E-state index contributed by atoms with van der Waals surface area (Å²) in [5.41, 5.74) is 0.747. The molecule has 4 heteroatoms. The van der Waals surface area contributed by atoms with E-state index in [2.05, 4.69) is 9.97 Å². The van der Waals surface area contributed by atoms with Crippen LogP contribution >= 0.6 is 0 Å². The summed E-state index contributed by atoms with van der Waals surface area (Å²) in [5.74, 6) is 1.26. The lowest BCUT2D eigenvalue weighted by Crippen LogP contribution is -1.99. The monoisotopic (exact) mass is 180 g/mol. The van der Waals surface area contributed by atoms with Crippen LogP contribution in [0, 0.1) is 0 Å². The molecule has 1 N–H and O–H groups in total. The Hall–Kier alpha value is -1.16. The minimum absolute atomic E-state index is 0.0453. The van der Waals surface area contributed by atoms with E-state index >= 15 is 0 Å². The summed E-state index contributed by atoms with van der Waals surface area (Å²) in [4.78, 5) is 8.26. The average molecular weight is 180 g/mol. The van der Waals surface area contributed by atoms with Crippen molar-refractivity contribution in [2.45, 2.75) is 25.4 Å². The lowest BCUT2D eigenvalue weighted by Gasteiger charge is -2.02. The number of aromatic nitrogens is 2. The third-order valence-corrected chi connectivity index (χ3v) is 2.02. The fourth-order valence-corrected chi connectivity index (χ4v) is 1.25. The molecule has 4 nitrogen and oxygen atoms in total. The lowest BCUT2D eigenvalue weighted by molar-refractivity contribution is 0.180. The van der Waals surface area contributed by atoms with Crippen molar-refractivity contribution in [2.24, 2.45) is 0 Å². The highest BCUT2D eigenvalue weighted by Gasteiger charge is 2.27. The predicted octanol–water partition coefficient (Wildman–Crippen LogP) is 1.21. The molecule has 0 unspecified atom stereocenters. The molecule has 0 spiro atoms. The molecule has 0 saturated heterocycles. The molecule has 1 heterocycles. The maximum absolute atomic E-state index is 9.29. The molecule has 2 rings (SSSR count). The zero-order valence-corrected chi connectivity index (χ0v) is 7.53. The van der Waals surface area contributed by atoms with Gasteiger partial charge in [0.15, 0.2) is 0 Å². The molecular weight excluding hydrogens is 168 g/mol. The molecular formula is C9H12N2O2. The maximum Gasteiger partial charge on any atom is 0.214 e. The molecule has 0 radical (unpaired) electrons. The van der Waals surface area contributed by atoms with Crippen LogP contribution < -0.4 is 0 Å². The first-order valence-corrected chi connectivity index (χ1v) is 4.35. The highest BCUT2D eigenvalue weighted by atomic mass is 16.5. The topological polar surface area (TPSA) is 55.2 Å². The Labute approximate surface area is 76.6 Å². The van der Waals surface area contributed by atoms with Crippen molar-refractivity contribution >= 4 is 0 Å². The Bertz CT molecular complexity index is 310. The normalized spacial score (nSPS) is 16.1. The van der Waals surface area contributed by atoms with Gasteiger partial charge in [-0.25, -0.2) is 4.98 Å². The van der Waals surface area contributed by atoms with Gasteiger partial charge >= 0.3 is 0 Å². The molecule has 70 valence electrons. The average Bonchev–Trinajstić information content (AvgIpc) is 2.85. The van der Waals surface area contributed by atoms with Crippen LogP contribution in [0.3, 0.4) is 0 Å². The van der Waals surface area contributed by atoms with E-state index in [1.165, 1.54) is 6.07 Å². The van der Waals surface area contributed by atoms with Gasteiger partial charge in [0.25, 0.3) is 0 Å². The van der Waals surface area contributed by atoms with Crippen LogP contribution in [0.1, 0.15) is 30.3 Å². The second-order valence-corrected chi connectivity index (χ2v) is 3.28. The molecule has 1 aromatic rings. The van der Waals surface area contributed by atoms with Crippen LogP contribution in [0.5, 0.6) is 5.88 Å². The van der Waals surface area contributed by atoms with Crippen molar-refractivity contribution in [2.75, 3.05) is 7.11 Å². The van der Waals surface area contributed by atoms with E-state index in [9.17, 15) is 5.11 Å². The van der Waals surface area contributed by atoms with Gasteiger partial charge in [0.2, 0.25) is 5.88 Å². The molecule has 1 aliphatic carbocycles. The molecule has 1 fully saturated rings. The van der Waals surface area contributed by atoms with Crippen LogP contribution in [0.25, 0.3) is 0 Å². The van der Waals surface area contributed by atoms with Crippen LogP contribution in [0.4, 0.5) is 0 Å². The van der Waals surface area contributed by atoms with Gasteiger partial charge < -0.3 is 9.84 Å². The highest BCUT2D eigenvalue weighted by molar-refractivity contribution is 5.18. The summed E-state index contributed by atoms with van der Waals surface area (Å²) in [6.45, 7) is 0.426. The number of hydrogen-bond acceptors (Lipinski definition) is 4. The van der Waals surface area contributed by atoms with E-state index in [0.29, 0.717) is 12.5 Å². The summed E-state index contributed by atoms with van der Waals surface area (Å²) in [6, 6.07) is 1.54. The molecule has 0 atom stereocenters. The van der Waals surface area contributed by atoms with Crippen molar-refractivity contribution in [1.29, 1.82) is 0 Å². The predicted molar refractivity (Wildman–Crippen MR) is 46.4 cm³/mol. The van der Waals surface area contributed by atoms with Crippen molar-refractivity contribution in [1.82, 2.24) is 9.97 Å². The minimum atomic E-state index is 0.0453. The third kappa shape index (κ3) is 1.95. The van der Waals surface area contributed by atoms with Gasteiger partial charge in [-0.1, -0.05) is 0 Å². The number of methoxy groups -OCH3 is 1. The van der Waals surface area contributed by atoms with Gasteiger partial charge in [0, 0.05) is 19.1 Å². The van der Waals surface area contributed by atoms with E-state index in [1.807, 2.05) is 0 Å². The second-order valence-electron chi connectivity index (χ2n) is 3.28. The molecule has 1 aliphatic rings. The lowest BCUT2D eigenvalue weighted by atomic mass is 10.3. The molecule has 1 aromatic heterocycles. The van der Waals surface area contributed by atoms with Crippen molar-refractivity contribution in [3.63, 3.8) is 0 Å². The van der Waals surface area contributed by atoms with Gasteiger partial charge in [0.05, 0.1) is 12.3 Å². The largest absolute Gasteiger partial charge is 0.493 e. The van der Waals surface area contributed by atoms with Gasteiger partial charge in [-0.05, 0) is 12.8 Å². The Morgan fingerprint density at radius 2 is 2.31 bits per heavy atom. The van der Waals surface area contributed by atoms with Crippen molar-refractivity contribution in [3.05, 3.63) is 17.6 Å². The Balaban J connectivity index is 2.25. The molecule has 0 aliphatic heterocycles. The molecule has 1 saturated carbocycles. The highest BCUT2D eigenvalue weighted by Crippen LogP contribution is 2.38. The second kappa shape index (κ2) is 3.30. The minimum Gasteiger partial charge on any atom is -0.493 e. The van der Waals surface area contributed by atoms with E-state index < -0.39 is 0 Å². The first-order chi connectivity index (χ1) is 6.29. The maximum atomic E-state index is 9.29. The fraction of sp³-hybridized carbons (Fsp3) is 0.556. The molecule has 13 heavy (non-hydrogen) atoms. The molecule has 0 aromatic carbocycles. The summed E-state index contributed by atoms with van der Waals surface area (Å²) in [7, 11) is 1.61. The summed E-state index contributed by atoms with van der Waals surface area (Å²) < 4.78 is 4.94. The van der Waals surface area contributed by atoms with E-state index in [-0.39, 0.29) is 5.88 Å². The smallest absolute Gasteiger partial charge is 0.214 e. The van der Waals surface area contributed by atoms with E-state index in [1.54, 1.807) is 7.11 Å². The van der Waals surface area contributed by atoms with Crippen molar-refractivity contribution in [3.8, 4) is 5.88 Å². The van der Waals surface area contributed by atoms with Gasteiger partial charge in [-0.15, -0.1) is 0 Å². The van der Waals surface area contributed by atoms with E-state index in [4.69, 9.17) is 4.74 Å². The first kappa shape index (κ1) is 8.44. The molecule has 0 bridgehead atoms. The van der Waals surface area contributed by atoms with Gasteiger partial charge in [-0.3, -0.25) is 0 Å². The zero-order chi connectivity index (χ0) is 9.26. The number of hydrogen-bond donors (Lipinski definition) is 1. The summed E-state index contributed by atoms with van der Waals surface area (Å²) in [5, 5.41) is 9.29. The van der Waals surface area contributed by atoms with E-state index in [0.717, 1.165) is 24.4 Å². The van der Waals surface area contributed by atoms with Gasteiger partial charge in [0.1, 0.15) is 5.82 Å². The SMILES string of the molecule is COCc1cc(O)nc(C2CC2)n1. The Morgan fingerprint density at radius 3 is 2.92 bits per heavy atom. The Kier molecular flexibility index (Phi) is 2.14. The van der Waals surface area contributed by atoms with Gasteiger partial charge in [-0.2, -0.15) is 4.98 Å². The number of ether oxygens (including phenoxy) is 1. The fourth-order valence-electron chi connectivity index (χ4n) is 1.25. The van der Waals surface area contributed by atoms with Crippen molar-refractivity contribution < 1.29 is 9.84 Å². The van der Waals surface area contributed by atoms with Crippen LogP contribution in [-0.4, -0.2) is 22.2 Å². The Morgan fingerprint density at radius 1 is 1.54 bits per heavy atom.